The summed E-state index contributed by atoms with van der Waals surface area (Å²) >= 11 is 3.38. The highest BCUT2D eigenvalue weighted by Crippen LogP contribution is 2.34. The van der Waals surface area contributed by atoms with Crippen LogP contribution in [0.3, 0.4) is 0 Å². The quantitative estimate of drug-likeness (QED) is 0.481. The maximum atomic E-state index is 13.5. The van der Waals surface area contributed by atoms with E-state index in [4.69, 9.17) is 0 Å². The Bertz CT molecular complexity index is 1060. The van der Waals surface area contributed by atoms with Gasteiger partial charge in [-0.3, -0.25) is 0 Å². The maximum absolute atomic E-state index is 13.5. The molecule has 0 fully saturated rings. The fourth-order valence-corrected chi connectivity index (χ4v) is 5.46. The van der Waals surface area contributed by atoms with Gasteiger partial charge in [-0.25, -0.2) is 8.42 Å². The number of rotatable bonds is 7. The number of halogens is 1. The Morgan fingerprint density at radius 1 is 0.931 bits per heavy atom. The smallest absolute Gasteiger partial charge is 0.184 e. The maximum Gasteiger partial charge on any atom is 0.184 e. The second-order valence-corrected chi connectivity index (χ2v) is 9.58. The fourth-order valence-electron chi connectivity index (χ4n) is 3.25. The minimum Gasteiger partial charge on any atom is -0.387 e. The Morgan fingerprint density at radius 3 is 2.03 bits per heavy atom. The molecule has 0 amide bonds. The number of hydrogen-bond acceptors (Lipinski definition) is 3. The van der Waals surface area contributed by atoms with Gasteiger partial charge in [-0.15, -0.1) is 0 Å². The van der Waals surface area contributed by atoms with Gasteiger partial charge < -0.3 is 5.11 Å². The minimum absolute atomic E-state index is 0.168. The molecule has 0 unspecified atom stereocenters. The molecular formula is C24H23BrO3S. The van der Waals surface area contributed by atoms with Crippen molar-refractivity contribution in [3.05, 3.63) is 107 Å². The fraction of sp³-hybridized carbons (Fsp3) is 0.167. The van der Waals surface area contributed by atoms with Crippen LogP contribution in [0.25, 0.3) is 5.57 Å². The molecule has 0 aliphatic heterocycles. The number of allylic oxidation sites excluding steroid dienone is 1. The molecular weight excluding hydrogens is 448 g/mol. The number of hydrogen-bond donors (Lipinski definition) is 1. The van der Waals surface area contributed by atoms with E-state index < -0.39 is 21.2 Å². The molecule has 0 saturated carbocycles. The first-order chi connectivity index (χ1) is 13.9. The van der Waals surface area contributed by atoms with Crippen molar-refractivity contribution >= 4 is 31.3 Å². The van der Waals surface area contributed by atoms with Gasteiger partial charge >= 0.3 is 0 Å². The van der Waals surface area contributed by atoms with Gasteiger partial charge in [0.2, 0.25) is 0 Å². The average molecular weight is 471 g/mol. The van der Waals surface area contributed by atoms with E-state index in [1.807, 2.05) is 43.3 Å². The highest BCUT2D eigenvalue weighted by molar-refractivity contribution is 9.11. The van der Waals surface area contributed by atoms with E-state index in [9.17, 15) is 13.5 Å². The van der Waals surface area contributed by atoms with Crippen LogP contribution < -0.4 is 0 Å². The zero-order valence-corrected chi connectivity index (χ0v) is 18.5. The molecule has 3 rings (SSSR count). The van der Waals surface area contributed by atoms with Gasteiger partial charge in [0.25, 0.3) is 0 Å². The summed E-state index contributed by atoms with van der Waals surface area (Å²) in [5, 5.41) is 10.1. The molecule has 150 valence electrons. The van der Waals surface area contributed by atoms with E-state index in [2.05, 4.69) is 15.9 Å². The highest BCUT2D eigenvalue weighted by Gasteiger charge is 2.35. The van der Waals surface area contributed by atoms with Gasteiger partial charge in [-0.1, -0.05) is 94.3 Å². The SMILES string of the molecule is Cc1ccc(S(=O)(=O)[C@H](C/C(=C/Br)c2ccccc2)[C@H](O)c2ccccc2)cc1. The summed E-state index contributed by atoms with van der Waals surface area (Å²) in [6, 6.07) is 25.3. The van der Waals surface area contributed by atoms with Crippen LogP contribution in [0.2, 0.25) is 0 Å². The zero-order chi connectivity index (χ0) is 20.9. The Kier molecular flexibility index (Phi) is 7.06. The van der Waals surface area contributed by atoms with Crippen LogP contribution >= 0.6 is 15.9 Å². The van der Waals surface area contributed by atoms with Crippen molar-refractivity contribution in [2.75, 3.05) is 0 Å². The molecule has 3 aromatic carbocycles. The van der Waals surface area contributed by atoms with E-state index in [0.717, 1.165) is 16.7 Å². The van der Waals surface area contributed by atoms with E-state index >= 15 is 0 Å². The third-order valence-electron chi connectivity index (χ3n) is 4.94. The van der Waals surface area contributed by atoms with Crippen LogP contribution in [0, 0.1) is 6.92 Å². The van der Waals surface area contributed by atoms with Crippen LogP contribution in [0.1, 0.15) is 29.2 Å². The van der Waals surface area contributed by atoms with Crippen molar-refractivity contribution in [3.63, 3.8) is 0 Å². The lowest BCUT2D eigenvalue weighted by atomic mass is 9.97. The molecule has 5 heteroatoms. The second-order valence-electron chi connectivity index (χ2n) is 6.96. The summed E-state index contributed by atoms with van der Waals surface area (Å²) in [6.45, 7) is 1.91. The predicted octanol–water partition coefficient (Wildman–Crippen LogP) is 5.70. The lowest BCUT2D eigenvalue weighted by Crippen LogP contribution is -2.29. The molecule has 0 saturated heterocycles. The molecule has 3 aromatic rings. The molecule has 0 radical (unpaired) electrons. The molecule has 1 N–H and O–H groups in total. The number of sulfone groups is 1. The third-order valence-corrected chi connectivity index (χ3v) is 7.64. The molecule has 0 aliphatic carbocycles. The van der Waals surface area contributed by atoms with Crippen LogP contribution in [0.5, 0.6) is 0 Å². The first-order valence-electron chi connectivity index (χ1n) is 9.31. The summed E-state index contributed by atoms with van der Waals surface area (Å²) in [6.07, 6.45) is -0.990. The first kappa shape index (κ1) is 21.5. The first-order valence-corrected chi connectivity index (χ1v) is 11.8. The largest absolute Gasteiger partial charge is 0.387 e. The second kappa shape index (κ2) is 9.53. The van der Waals surface area contributed by atoms with Crippen molar-refractivity contribution in [2.45, 2.75) is 29.6 Å². The Labute approximate surface area is 180 Å². The summed E-state index contributed by atoms with van der Waals surface area (Å²) < 4.78 is 27.1. The number of aliphatic hydroxyl groups is 1. The molecule has 0 aliphatic rings. The van der Waals surface area contributed by atoms with Gasteiger partial charge in [0.15, 0.2) is 9.84 Å². The van der Waals surface area contributed by atoms with Crippen molar-refractivity contribution in [1.82, 2.24) is 0 Å². The molecule has 0 aromatic heterocycles. The van der Waals surface area contributed by atoms with Gasteiger partial charge in [0.05, 0.1) is 16.2 Å². The Hall–Kier alpha value is -2.21. The topological polar surface area (TPSA) is 54.4 Å². The Morgan fingerprint density at radius 2 is 1.48 bits per heavy atom. The van der Waals surface area contributed by atoms with Crippen molar-refractivity contribution in [2.24, 2.45) is 0 Å². The molecule has 29 heavy (non-hydrogen) atoms. The van der Waals surface area contributed by atoms with Crippen LogP contribution in [0.4, 0.5) is 0 Å². The van der Waals surface area contributed by atoms with Gasteiger partial charge in [-0.05, 0) is 47.2 Å². The standard InChI is InChI=1S/C24H23BrO3S/c1-18-12-14-22(15-13-18)29(27,28)23(24(26)20-10-6-3-7-11-20)16-21(17-25)19-8-4-2-5-9-19/h2-15,17,23-24,26H,16H2,1H3/b21-17-/t23-,24-/m1/s1. The van der Waals surface area contributed by atoms with Gasteiger partial charge in [0.1, 0.15) is 0 Å². The van der Waals surface area contributed by atoms with E-state index in [0.29, 0.717) is 5.56 Å². The highest BCUT2D eigenvalue weighted by atomic mass is 79.9. The van der Waals surface area contributed by atoms with Crippen LogP contribution in [-0.2, 0) is 9.84 Å². The van der Waals surface area contributed by atoms with Crippen molar-refractivity contribution in [3.8, 4) is 0 Å². The zero-order valence-electron chi connectivity index (χ0n) is 16.1. The molecule has 0 heterocycles. The normalized spacial score (nSPS) is 14.4. The lowest BCUT2D eigenvalue weighted by molar-refractivity contribution is 0.172. The van der Waals surface area contributed by atoms with Crippen LogP contribution in [-0.4, -0.2) is 18.8 Å². The van der Waals surface area contributed by atoms with Gasteiger partial charge in [0, 0.05) is 0 Å². The van der Waals surface area contributed by atoms with E-state index in [-0.39, 0.29) is 11.3 Å². The third kappa shape index (κ3) is 5.04. The summed E-state index contributed by atoms with van der Waals surface area (Å²) in [5.41, 5.74) is 3.28. The molecule has 0 bridgehead atoms. The Balaban J connectivity index is 2.05. The van der Waals surface area contributed by atoms with Gasteiger partial charge in [-0.2, -0.15) is 0 Å². The minimum atomic E-state index is -3.79. The predicted molar refractivity (Wildman–Crippen MR) is 122 cm³/mol. The molecule has 2 atom stereocenters. The summed E-state index contributed by atoms with van der Waals surface area (Å²) in [5.74, 6) is 0. The van der Waals surface area contributed by atoms with Crippen LogP contribution in [0.15, 0.2) is 94.8 Å². The van der Waals surface area contributed by atoms with E-state index in [1.165, 1.54) is 0 Å². The number of aliphatic hydroxyl groups excluding tert-OH is 1. The summed E-state index contributed by atoms with van der Waals surface area (Å²) in [4.78, 5) is 1.95. The summed E-state index contributed by atoms with van der Waals surface area (Å²) in [7, 11) is -3.79. The number of aryl methyl sites for hydroxylation is 1. The number of benzene rings is 3. The average Bonchev–Trinajstić information content (AvgIpc) is 2.75. The molecule has 0 spiro atoms. The monoisotopic (exact) mass is 470 g/mol. The van der Waals surface area contributed by atoms with Crippen molar-refractivity contribution < 1.29 is 13.5 Å². The van der Waals surface area contributed by atoms with E-state index in [1.54, 1.807) is 53.5 Å². The van der Waals surface area contributed by atoms with Crippen molar-refractivity contribution in [1.29, 1.82) is 0 Å². The lowest BCUT2D eigenvalue weighted by Gasteiger charge is -2.25. The molecule has 3 nitrogen and oxygen atoms in total.